The van der Waals surface area contributed by atoms with Crippen molar-refractivity contribution >= 4 is 35.0 Å². The van der Waals surface area contributed by atoms with Gasteiger partial charge in [-0.1, -0.05) is 30.0 Å². The van der Waals surface area contributed by atoms with Gasteiger partial charge in [0.15, 0.2) is 5.16 Å². The van der Waals surface area contributed by atoms with Gasteiger partial charge >= 0.3 is 0 Å². The molecule has 0 saturated carbocycles. The molecule has 0 bridgehead atoms. The second-order valence-electron chi connectivity index (χ2n) is 6.79. The molecule has 3 aromatic rings. The fourth-order valence-corrected chi connectivity index (χ4v) is 3.55. The van der Waals surface area contributed by atoms with Crippen LogP contribution in [0.25, 0.3) is 0 Å². The first-order valence-corrected chi connectivity index (χ1v) is 10.2. The van der Waals surface area contributed by atoms with E-state index < -0.39 is 0 Å². The second kappa shape index (κ2) is 9.53. The number of para-hydroxylation sites is 1. The number of nitrogens with zero attached hydrogens (tertiary/aromatic N) is 3. The number of carbonyl (C=O) groups is 2. The van der Waals surface area contributed by atoms with E-state index in [4.69, 9.17) is 0 Å². The average molecular weight is 428 g/mol. The van der Waals surface area contributed by atoms with Crippen LogP contribution in [0.5, 0.6) is 0 Å². The maximum Gasteiger partial charge on any atom is 0.234 e. The third-order valence-electron chi connectivity index (χ3n) is 4.45. The van der Waals surface area contributed by atoms with Crippen LogP contribution in [-0.2, 0) is 23.1 Å². The topological polar surface area (TPSA) is 88.9 Å². The lowest BCUT2D eigenvalue weighted by Gasteiger charge is -2.11. The zero-order chi connectivity index (χ0) is 21.7. The van der Waals surface area contributed by atoms with Gasteiger partial charge < -0.3 is 15.2 Å². The van der Waals surface area contributed by atoms with Gasteiger partial charge in [0.25, 0.3) is 0 Å². The molecule has 2 aromatic carbocycles. The Balaban J connectivity index is 1.55. The summed E-state index contributed by atoms with van der Waals surface area (Å²) in [7, 11) is 1.74. The highest BCUT2D eigenvalue weighted by Crippen LogP contribution is 2.21. The van der Waals surface area contributed by atoms with Crippen molar-refractivity contribution in [2.75, 3.05) is 16.4 Å². The summed E-state index contributed by atoms with van der Waals surface area (Å²) in [6.45, 7) is 3.89. The van der Waals surface area contributed by atoms with Crippen LogP contribution in [0.2, 0.25) is 0 Å². The lowest BCUT2D eigenvalue weighted by atomic mass is 10.1. The average Bonchev–Trinajstić information content (AvgIpc) is 3.04. The smallest absolute Gasteiger partial charge is 0.234 e. The van der Waals surface area contributed by atoms with Crippen LogP contribution >= 0.6 is 11.8 Å². The Morgan fingerprint density at radius 3 is 2.33 bits per heavy atom. The molecule has 0 aliphatic heterocycles. The van der Waals surface area contributed by atoms with E-state index in [1.807, 2.05) is 32.0 Å². The first-order valence-electron chi connectivity index (χ1n) is 9.26. The lowest BCUT2D eigenvalue weighted by molar-refractivity contribution is -0.116. The number of halogens is 1. The molecule has 2 N–H and O–H groups in total. The van der Waals surface area contributed by atoms with Crippen molar-refractivity contribution in [2.24, 2.45) is 7.05 Å². The molecule has 0 unspecified atom stereocenters. The molecule has 156 valence electrons. The largest absolute Gasteiger partial charge is 0.326 e. The van der Waals surface area contributed by atoms with E-state index >= 15 is 0 Å². The van der Waals surface area contributed by atoms with Crippen molar-refractivity contribution in [3.05, 3.63) is 65.2 Å². The van der Waals surface area contributed by atoms with Crippen LogP contribution in [0.4, 0.5) is 15.8 Å². The van der Waals surface area contributed by atoms with Gasteiger partial charge in [0.05, 0.1) is 12.2 Å². The maximum absolute atomic E-state index is 13.0. The van der Waals surface area contributed by atoms with Crippen molar-refractivity contribution in [1.82, 2.24) is 14.8 Å². The molecule has 1 aromatic heterocycles. The Kier molecular flexibility index (Phi) is 6.83. The number of hydrogen-bond donors (Lipinski definition) is 2. The van der Waals surface area contributed by atoms with Crippen LogP contribution in [0, 0.1) is 19.7 Å². The Morgan fingerprint density at radius 2 is 1.67 bits per heavy atom. The van der Waals surface area contributed by atoms with Crippen molar-refractivity contribution < 1.29 is 14.0 Å². The first kappa shape index (κ1) is 21.5. The number of benzene rings is 2. The molecule has 7 nitrogen and oxygen atoms in total. The Morgan fingerprint density at radius 1 is 1.00 bits per heavy atom. The van der Waals surface area contributed by atoms with Crippen LogP contribution < -0.4 is 10.6 Å². The fraction of sp³-hybridized carbons (Fsp3) is 0.238. The summed E-state index contributed by atoms with van der Waals surface area (Å²) in [5, 5.41) is 14.3. The quantitative estimate of drug-likeness (QED) is 0.564. The molecular formula is C21H22FN5O2S. The lowest BCUT2D eigenvalue weighted by Crippen LogP contribution is -2.17. The molecular weight excluding hydrogens is 405 g/mol. The maximum atomic E-state index is 13.0. The molecule has 0 atom stereocenters. The molecule has 0 saturated heterocycles. The Hall–Kier alpha value is -3.20. The Bertz CT molecular complexity index is 1050. The van der Waals surface area contributed by atoms with E-state index in [9.17, 15) is 14.0 Å². The van der Waals surface area contributed by atoms with Crippen LogP contribution in [0.15, 0.2) is 47.6 Å². The van der Waals surface area contributed by atoms with Gasteiger partial charge in [-0.05, 0) is 49.2 Å². The van der Waals surface area contributed by atoms with Gasteiger partial charge in [-0.15, -0.1) is 10.2 Å². The summed E-state index contributed by atoms with van der Waals surface area (Å²) in [4.78, 5) is 24.5. The molecule has 1 heterocycles. The summed E-state index contributed by atoms with van der Waals surface area (Å²) in [6, 6.07) is 11.4. The minimum atomic E-state index is -0.371. The fourth-order valence-electron chi connectivity index (χ4n) is 2.82. The van der Waals surface area contributed by atoms with Gasteiger partial charge in [0, 0.05) is 18.4 Å². The van der Waals surface area contributed by atoms with E-state index in [1.165, 1.54) is 36.0 Å². The van der Waals surface area contributed by atoms with E-state index in [-0.39, 0.29) is 29.8 Å². The number of aryl methyl sites for hydroxylation is 2. The van der Waals surface area contributed by atoms with Crippen molar-refractivity contribution in [2.45, 2.75) is 25.4 Å². The minimum absolute atomic E-state index is 0.00996. The third-order valence-corrected chi connectivity index (χ3v) is 5.47. The van der Waals surface area contributed by atoms with Gasteiger partial charge in [0.2, 0.25) is 11.8 Å². The standard InChI is InChI=1S/C21H22FN5O2S/c1-13-5-4-6-14(2)20(13)24-19(29)12-30-21-26-25-17(27(21)3)11-18(28)23-16-9-7-15(22)8-10-16/h4-10H,11-12H2,1-3H3,(H,23,28)(H,24,29). The summed E-state index contributed by atoms with van der Waals surface area (Å²) in [5.74, 6) is -0.170. The first-order chi connectivity index (χ1) is 14.3. The molecule has 0 aliphatic rings. The van der Waals surface area contributed by atoms with Crippen LogP contribution in [0.1, 0.15) is 17.0 Å². The molecule has 3 rings (SSSR count). The summed E-state index contributed by atoms with van der Waals surface area (Å²) in [6.07, 6.45) is 0.00996. The predicted octanol–water partition coefficient (Wildman–Crippen LogP) is 3.48. The third kappa shape index (κ3) is 5.44. The van der Waals surface area contributed by atoms with Gasteiger partial charge in [-0.3, -0.25) is 9.59 Å². The number of aromatic nitrogens is 3. The SMILES string of the molecule is Cc1cccc(C)c1NC(=O)CSc1nnc(CC(=O)Nc2ccc(F)cc2)n1C. The number of carbonyl (C=O) groups excluding carboxylic acids is 2. The van der Waals surface area contributed by atoms with Crippen LogP contribution in [0.3, 0.4) is 0 Å². The van der Waals surface area contributed by atoms with E-state index in [0.717, 1.165) is 16.8 Å². The summed E-state index contributed by atoms with van der Waals surface area (Å²) in [5.41, 5.74) is 3.32. The summed E-state index contributed by atoms with van der Waals surface area (Å²) < 4.78 is 14.6. The monoisotopic (exact) mass is 427 g/mol. The van der Waals surface area contributed by atoms with E-state index in [2.05, 4.69) is 20.8 Å². The van der Waals surface area contributed by atoms with Crippen molar-refractivity contribution in [3.63, 3.8) is 0 Å². The number of hydrogen-bond acceptors (Lipinski definition) is 5. The van der Waals surface area contributed by atoms with Gasteiger partial charge in [-0.25, -0.2) is 4.39 Å². The second-order valence-corrected chi connectivity index (χ2v) is 7.74. The molecule has 0 radical (unpaired) electrons. The zero-order valence-corrected chi connectivity index (χ0v) is 17.7. The number of rotatable bonds is 7. The van der Waals surface area contributed by atoms with Crippen LogP contribution in [-0.4, -0.2) is 32.3 Å². The minimum Gasteiger partial charge on any atom is -0.326 e. The van der Waals surface area contributed by atoms with Crippen molar-refractivity contribution in [1.29, 1.82) is 0 Å². The highest BCUT2D eigenvalue weighted by atomic mass is 32.2. The Labute approximate surface area is 178 Å². The molecule has 9 heteroatoms. The molecule has 0 spiro atoms. The van der Waals surface area contributed by atoms with Gasteiger partial charge in [0.1, 0.15) is 11.6 Å². The number of amides is 2. The number of nitrogens with one attached hydrogen (secondary N) is 2. The highest BCUT2D eigenvalue weighted by Gasteiger charge is 2.15. The molecule has 0 aliphatic carbocycles. The molecule has 0 fully saturated rings. The van der Waals surface area contributed by atoms with E-state index in [0.29, 0.717) is 16.7 Å². The van der Waals surface area contributed by atoms with Crippen molar-refractivity contribution in [3.8, 4) is 0 Å². The number of thioether (sulfide) groups is 1. The zero-order valence-electron chi connectivity index (χ0n) is 16.9. The van der Waals surface area contributed by atoms with E-state index in [1.54, 1.807) is 11.6 Å². The normalized spacial score (nSPS) is 10.7. The number of anilines is 2. The highest BCUT2D eigenvalue weighted by molar-refractivity contribution is 7.99. The van der Waals surface area contributed by atoms with Gasteiger partial charge in [-0.2, -0.15) is 0 Å². The predicted molar refractivity (Wildman–Crippen MR) is 115 cm³/mol. The molecule has 30 heavy (non-hydrogen) atoms. The summed E-state index contributed by atoms with van der Waals surface area (Å²) >= 11 is 1.24. The molecule has 2 amide bonds.